The van der Waals surface area contributed by atoms with Crippen molar-refractivity contribution in [2.45, 2.75) is 0 Å². The van der Waals surface area contributed by atoms with Gasteiger partial charge in [-0.05, 0) is 18.2 Å². The van der Waals surface area contributed by atoms with Gasteiger partial charge in [0.15, 0.2) is 0 Å². The quantitative estimate of drug-likeness (QED) is 0.750. The van der Waals surface area contributed by atoms with Gasteiger partial charge in [0.05, 0.1) is 16.6 Å². The van der Waals surface area contributed by atoms with E-state index in [9.17, 15) is 4.39 Å². The molecule has 0 radical (unpaired) electrons. The maximum atomic E-state index is 12.1. The van der Waals surface area contributed by atoms with Crippen molar-refractivity contribution in [3.8, 4) is 5.75 Å². The predicted molar refractivity (Wildman–Crippen MR) is 65.1 cm³/mol. The molecule has 3 nitrogen and oxygen atoms in total. The number of ether oxygens (including phenoxy) is 1. The van der Waals surface area contributed by atoms with Gasteiger partial charge in [-0.2, -0.15) is 0 Å². The first-order valence-corrected chi connectivity index (χ1v) is 5.44. The van der Waals surface area contributed by atoms with Gasteiger partial charge >= 0.3 is 0 Å². The summed E-state index contributed by atoms with van der Waals surface area (Å²) in [5.74, 6) is 0.665. The second-order valence-electron chi connectivity index (χ2n) is 3.74. The molecule has 1 N–H and O–H groups in total. The fraction of sp³-hybridized carbons (Fsp3) is 0.154. The van der Waals surface area contributed by atoms with Gasteiger partial charge in [-0.15, -0.1) is 0 Å². The highest BCUT2D eigenvalue weighted by Crippen LogP contribution is 2.30. The van der Waals surface area contributed by atoms with Crippen molar-refractivity contribution >= 4 is 21.9 Å². The largest absolute Gasteiger partial charge is 0.489 e. The van der Waals surface area contributed by atoms with E-state index in [1.54, 1.807) is 6.20 Å². The van der Waals surface area contributed by atoms with Crippen LogP contribution >= 0.6 is 0 Å². The zero-order valence-corrected chi connectivity index (χ0v) is 9.11. The zero-order valence-electron chi connectivity index (χ0n) is 9.11. The third kappa shape index (κ3) is 1.62. The van der Waals surface area contributed by atoms with Crippen LogP contribution in [0.2, 0.25) is 0 Å². The van der Waals surface area contributed by atoms with Gasteiger partial charge in [-0.25, -0.2) is 4.39 Å². The van der Waals surface area contributed by atoms with E-state index in [0.29, 0.717) is 5.75 Å². The number of nitrogens with one attached hydrogen (secondary N) is 1. The van der Waals surface area contributed by atoms with E-state index in [2.05, 4.69) is 9.97 Å². The number of aromatic amines is 1. The highest BCUT2D eigenvalue weighted by atomic mass is 19.1. The molecule has 1 aromatic carbocycles. The van der Waals surface area contributed by atoms with E-state index in [-0.39, 0.29) is 6.61 Å². The molecule has 0 aliphatic rings. The van der Waals surface area contributed by atoms with Crippen molar-refractivity contribution in [1.29, 1.82) is 0 Å². The topological polar surface area (TPSA) is 37.9 Å². The lowest BCUT2D eigenvalue weighted by atomic mass is 10.2. The molecule has 0 saturated carbocycles. The summed E-state index contributed by atoms with van der Waals surface area (Å²) in [6.07, 6.45) is 1.75. The van der Waals surface area contributed by atoms with Gasteiger partial charge < -0.3 is 9.72 Å². The van der Waals surface area contributed by atoms with Crippen LogP contribution in [-0.2, 0) is 0 Å². The second kappa shape index (κ2) is 4.05. The van der Waals surface area contributed by atoms with Crippen molar-refractivity contribution in [3.63, 3.8) is 0 Å². The van der Waals surface area contributed by atoms with Crippen molar-refractivity contribution in [1.82, 2.24) is 9.97 Å². The number of H-pyrrole nitrogens is 1. The maximum absolute atomic E-state index is 12.1. The van der Waals surface area contributed by atoms with Crippen LogP contribution in [0.3, 0.4) is 0 Å². The van der Waals surface area contributed by atoms with Crippen molar-refractivity contribution in [3.05, 3.63) is 36.5 Å². The number of pyridine rings is 1. The smallest absolute Gasteiger partial charge is 0.143 e. The Kier molecular flexibility index (Phi) is 2.40. The van der Waals surface area contributed by atoms with Gasteiger partial charge in [0.2, 0.25) is 0 Å². The number of alkyl halides is 1. The summed E-state index contributed by atoms with van der Waals surface area (Å²) >= 11 is 0. The van der Waals surface area contributed by atoms with Crippen molar-refractivity contribution < 1.29 is 9.13 Å². The summed E-state index contributed by atoms with van der Waals surface area (Å²) in [5, 5.41) is 0.997. The molecule has 4 heteroatoms. The lowest BCUT2D eigenvalue weighted by molar-refractivity contribution is 0.275. The molecule has 2 aromatic heterocycles. The van der Waals surface area contributed by atoms with E-state index in [1.807, 2.05) is 30.3 Å². The van der Waals surface area contributed by atoms with Gasteiger partial charge in [-0.3, -0.25) is 4.98 Å². The van der Waals surface area contributed by atoms with Crippen LogP contribution in [0.25, 0.3) is 21.9 Å². The standard InChI is InChI=1S/C13H11FN2O/c14-6-8-17-11-5-1-3-9-12-10(16-13(9)11)4-2-7-15-12/h1-5,7,16H,6,8H2. The Balaban J connectivity index is 2.24. The van der Waals surface area contributed by atoms with Crippen LogP contribution in [0.15, 0.2) is 36.5 Å². The molecule has 0 spiro atoms. The average Bonchev–Trinajstić information content (AvgIpc) is 2.75. The van der Waals surface area contributed by atoms with Crippen LogP contribution in [0.5, 0.6) is 5.75 Å². The molecule has 0 fully saturated rings. The molecule has 3 aromatic rings. The number of benzene rings is 1. The SMILES string of the molecule is FCCOc1cccc2c1[nH]c1cccnc12. The third-order valence-electron chi connectivity index (χ3n) is 2.68. The first kappa shape index (κ1) is 10.1. The monoisotopic (exact) mass is 230 g/mol. The average molecular weight is 230 g/mol. The summed E-state index contributed by atoms with van der Waals surface area (Å²) in [6.45, 7) is -0.420. The fourth-order valence-electron chi connectivity index (χ4n) is 1.98. The summed E-state index contributed by atoms with van der Waals surface area (Å²) in [5.41, 5.74) is 2.74. The Morgan fingerprint density at radius 3 is 3.06 bits per heavy atom. The number of rotatable bonds is 3. The molecule has 0 unspecified atom stereocenters. The summed E-state index contributed by atoms with van der Waals surface area (Å²) in [6, 6.07) is 9.52. The molecular weight excluding hydrogens is 219 g/mol. The molecular formula is C13H11FN2O. The second-order valence-corrected chi connectivity index (χ2v) is 3.74. The number of para-hydroxylation sites is 1. The van der Waals surface area contributed by atoms with Crippen molar-refractivity contribution in [2.24, 2.45) is 0 Å². The van der Waals surface area contributed by atoms with E-state index >= 15 is 0 Å². The minimum Gasteiger partial charge on any atom is -0.489 e. The lowest BCUT2D eigenvalue weighted by Gasteiger charge is -2.04. The molecule has 0 atom stereocenters. The van der Waals surface area contributed by atoms with Crippen LogP contribution in [0.4, 0.5) is 4.39 Å². The number of hydrogen-bond acceptors (Lipinski definition) is 2. The number of hydrogen-bond donors (Lipinski definition) is 1. The van der Waals surface area contributed by atoms with Crippen LogP contribution in [-0.4, -0.2) is 23.2 Å². The normalized spacial score (nSPS) is 11.1. The molecule has 0 bridgehead atoms. The zero-order chi connectivity index (χ0) is 11.7. The Labute approximate surface area is 97.2 Å². The number of nitrogens with zero attached hydrogens (tertiary/aromatic N) is 1. The van der Waals surface area contributed by atoms with E-state index < -0.39 is 6.67 Å². The number of aromatic nitrogens is 2. The summed E-state index contributed by atoms with van der Waals surface area (Å²) in [4.78, 5) is 7.58. The first-order valence-electron chi connectivity index (χ1n) is 5.44. The van der Waals surface area contributed by atoms with Gasteiger partial charge in [0, 0.05) is 11.6 Å². The van der Waals surface area contributed by atoms with Gasteiger partial charge in [-0.1, -0.05) is 12.1 Å². The Morgan fingerprint density at radius 1 is 1.24 bits per heavy atom. The van der Waals surface area contributed by atoms with Crippen molar-refractivity contribution in [2.75, 3.05) is 13.3 Å². The fourth-order valence-corrected chi connectivity index (χ4v) is 1.98. The van der Waals surface area contributed by atoms with Crippen LogP contribution in [0.1, 0.15) is 0 Å². The van der Waals surface area contributed by atoms with E-state index in [4.69, 9.17) is 4.74 Å². The minimum atomic E-state index is -0.491. The number of halogens is 1. The third-order valence-corrected chi connectivity index (χ3v) is 2.68. The molecule has 2 heterocycles. The maximum Gasteiger partial charge on any atom is 0.143 e. The van der Waals surface area contributed by atoms with Gasteiger partial charge in [0.25, 0.3) is 0 Å². The molecule has 0 aliphatic carbocycles. The highest BCUT2D eigenvalue weighted by molar-refractivity contribution is 6.06. The van der Waals surface area contributed by atoms with Crippen LogP contribution < -0.4 is 4.74 Å². The van der Waals surface area contributed by atoms with Crippen LogP contribution in [0, 0.1) is 0 Å². The first-order chi connectivity index (χ1) is 8.40. The molecule has 3 rings (SSSR count). The predicted octanol–water partition coefficient (Wildman–Crippen LogP) is 3.06. The lowest BCUT2D eigenvalue weighted by Crippen LogP contribution is -1.98. The Hall–Kier alpha value is -2.10. The molecule has 0 saturated heterocycles. The molecule has 0 amide bonds. The molecule has 86 valence electrons. The summed E-state index contributed by atoms with van der Waals surface area (Å²) < 4.78 is 17.5. The van der Waals surface area contributed by atoms with E-state index in [0.717, 1.165) is 21.9 Å². The Morgan fingerprint density at radius 2 is 2.18 bits per heavy atom. The number of fused-ring (bicyclic) bond motifs is 3. The minimum absolute atomic E-state index is 0.0713. The van der Waals surface area contributed by atoms with Gasteiger partial charge in [0.1, 0.15) is 19.0 Å². The molecule has 0 aliphatic heterocycles. The highest BCUT2D eigenvalue weighted by Gasteiger charge is 2.08. The summed E-state index contributed by atoms with van der Waals surface area (Å²) in [7, 11) is 0. The Bertz CT molecular complexity index is 663. The molecule has 17 heavy (non-hydrogen) atoms. The van der Waals surface area contributed by atoms with E-state index in [1.165, 1.54) is 0 Å².